The molecular weight excluding hydrogens is 282 g/mol. The van der Waals surface area contributed by atoms with Gasteiger partial charge in [0.15, 0.2) is 0 Å². The quantitative estimate of drug-likeness (QED) is 0.879. The van der Waals surface area contributed by atoms with Gasteiger partial charge in [0.1, 0.15) is 0 Å². The first-order valence-electron chi connectivity index (χ1n) is 6.33. The summed E-state index contributed by atoms with van der Waals surface area (Å²) >= 11 is 0. The van der Waals surface area contributed by atoms with Crippen LogP contribution in [0.5, 0.6) is 0 Å². The van der Waals surface area contributed by atoms with Crippen LogP contribution in [0.15, 0.2) is 53.9 Å². The van der Waals surface area contributed by atoms with Gasteiger partial charge < -0.3 is 0 Å². The summed E-state index contributed by atoms with van der Waals surface area (Å²) in [7, 11) is -3.57. The molecule has 0 aliphatic carbocycles. The first-order chi connectivity index (χ1) is 9.98. The Bertz CT molecular complexity index is 797. The van der Waals surface area contributed by atoms with Crippen molar-refractivity contribution in [2.24, 2.45) is 0 Å². The van der Waals surface area contributed by atoms with Crippen molar-refractivity contribution in [2.45, 2.75) is 6.92 Å². The van der Waals surface area contributed by atoms with E-state index in [0.29, 0.717) is 11.3 Å². The second kappa shape index (κ2) is 6.29. The maximum absolute atomic E-state index is 12.0. The number of sulfonamides is 1. The van der Waals surface area contributed by atoms with Gasteiger partial charge in [0.05, 0.1) is 11.1 Å². The molecule has 3 nitrogen and oxygen atoms in total. The van der Waals surface area contributed by atoms with E-state index in [-0.39, 0.29) is 0 Å². The summed E-state index contributed by atoms with van der Waals surface area (Å²) in [5, 5.41) is 1.14. The minimum atomic E-state index is -3.57. The zero-order chi connectivity index (χ0) is 15.3. The summed E-state index contributed by atoms with van der Waals surface area (Å²) in [6.07, 6.45) is 6.84. The molecule has 106 valence electrons. The minimum absolute atomic E-state index is 0.444. The Labute approximate surface area is 125 Å². The van der Waals surface area contributed by atoms with Crippen LogP contribution in [0.4, 0.5) is 5.69 Å². The van der Waals surface area contributed by atoms with Crippen LogP contribution in [0.3, 0.4) is 0 Å². The van der Waals surface area contributed by atoms with Gasteiger partial charge in [0, 0.05) is 5.56 Å². The molecule has 0 aromatic heterocycles. The fraction of sp³-hybridized carbons (Fsp3) is 0.0588. The lowest BCUT2D eigenvalue weighted by Gasteiger charge is -2.04. The molecule has 2 rings (SSSR count). The Morgan fingerprint density at radius 1 is 1.14 bits per heavy atom. The summed E-state index contributed by atoms with van der Waals surface area (Å²) in [5.74, 6) is 2.46. The summed E-state index contributed by atoms with van der Waals surface area (Å²) < 4.78 is 26.4. The average molecular weight is 297 g/mol. The fourth-order valence-electron chi connectivity index (χ4n) is 1.72. The second-order valence-electron chi connectivity index (χ2n) is 4.59. The van der Waals surface area contributed by atoms with Crippen LogP contribution in [-0.4, -0.2) is 8.42 Å². The van der Waals surface area contributed by atoms with Gasteiger partial charge in [-0.3, -0.25) is 4.72 Å². The van der Waals surface area contributed by atoms with E-state index >= 15 is 0 Å². The molecule has 4 heteroatoms. The molecule has 0 fully saturated rings. The first-order valence-corrected chi connectivity index (χ1v) is 7.87. The van der Waals surface area contributed by atoms with Crippen molar-refractivity contribution in [3.8, 4) is 12.3 Å². The highest BCUT2D eigenvalue weighted by molar-refractivity contribution is 7.95. The summed E-state index contributed by atoms with van der Waals surface area (Å²) in [6.45, 7) is 1.98. The van der Waals surface area contributed by atoms with E-state index < -0.39 is 10.0 Å². The predicted molar refractivity (Wildman–Crippen MR) is 87.1 cm³/mol. The number of anilines is 1. The Kier molecular flexibility index (Phi) is 4.46. The molecule has 0 bridgehead atoms. The monoisotopic (exact) mass is 297 g/mol. The smallest absolute Gasteiger partial charge is 0.255 e. The van der Waals surface area contributed by atoms with Crippen molar-refractivity contribution in [3.05, 3.63) is 70.6 Å². The number of terminal acetylenes is 1. The molecular formula is C17H15NO2S. The zero-order valence-electron chi connectivity index (χ0n) is 11.6. The number of hydrogen-bond donors (Lipinski definition) is 1. The van der Waals surface area contributed by atoms with Gasteiger partial charge in [-0.25, -0.2) is 8.42 Å². The average Bonchev–Trinajstić information content (AvgIpc) is 2.46. The number of aryl methyl sites for hydroxylation is 1. The Morgan fingerprint density at radius 2 is 1.86 bits per heavy atom. The van der Waals surface area contributed by atoms with Gasteiger partial charge in [-0.2, -0.15) is 0 Å². The Hall–Kier alpha value is -2.51. The van der Waals surface area contributed by atoms with Gasteiger partial charge in [0.2, 0.25) is 0 Å². The van der Waals surface area contributed by atoms with Crippen molar-refractivity contribution in [2.75, 3.05) is 4.72 Å². The minimum Gasteiger partial charge on any atom is -0.280 e. The number of nitrogens with one attached hydrogen (secondary N) is 1. The lowest BCUT2D eigenvalue weighted by molar-refractivity contribution is 0.609. The number of hydrogen-bond acceptors (Lipinski definition) is 2. The molecule has 0 aliphatic rings. The van der Waals surface area contributed by atoms with Crippen LogP contribution in [0.25, 0.3) is 6.08 Å². The molecule has 0 unspecified atom stereocenters. The lowest BCUT2D eigenvalue weighted by atomic mass is 10.2. The highest BCUT2D eigenvalue weighted by Gasteiger charge is 2.05. The molecule has 0 saturated carbocycles. The standard InChI is InChI=1S/C17H15NO2S/c1-3-15-5-4-6-17(13-15)18-21(19,20)12-11-16-9-7-14(2)8-10-16/h1,4-13,18H,2H3. The van der Waals surface area contributed by atoms with Crippen LogP contribution in [0.1, 0.15) is 16.7 Å². The van der Waals surface area contributed by atoms with Gasteiger partial charge >= 0.3 is 0 Å². The Balaban J connectivity index is 2.15. The third-order valence-corrected chi connectivity index (χ3v) is 3.82. The largest absolute Gasteiger partial charge is 0.280 e. The lowest BCUT2D eigenvalue weighted by Crippen LogP contribution is -2.08. The van der Waals surface area contributed by atoms with Gasteiger partial charge in [0.25, 0.3) is 10.0 Å². The molecule has 0 amide bonds. The SMILES string of the molecule is C#Cc1cccc(NS(=O)(=O)C=Cc2ccc(C)cc2)c1. The van der Waals surface area contributed by atoms with E-state index in [1.807, 2.05) is 31.2 Å². The van der Waals surface area contributed by atoms with Crippen LogP contribution in [0, 0.1) is 19.3 Å². The van der Waals surface area contributed by atoms with Gasteiger partial charge in [-0.05, 0) is 36.8 Å². The fourth-order valence-corrected chi connectivity index (χ4v) is 2.58. The van der Waals surface area contributed by atoms with E-state index in [9.17, 15) is 8.42 Å². The molecule has 2 aromatic rings. The molecule has 21 heavy (non-hydrogen) atoms. The highest BCUT2D eigenvalue weighted by Crippen LogP contribution is 2.13. The van der Waals surface area contributed by atoms with E-state index in [1.165, 1.54) is 0 Å². The molecule has 0 heterocycles. The van der Waals surface area contributed by atoms with E-state index in [1.54, 1.807) is 30.3 Å². The van der Waals surface area contributed by atoms with Crippen LogP contribution in [-0.2, 0) is 10.0 Å². The maximum Gasteiger partial charge on any atom is 0.255 e. The van der Waals surface area contributed by atoms with Crippen LogP contribution >= 0.6 is 0 Å². The van der Waals surface area contributed by atoms with Gasteiger partial charge in [-0.15, -0.1) is 6.42 Å². The van der Waals surface area contributed by atoms with E-state index in [4.69, 9.17) is 6.42 Å². The third kappa shape index (κ3) is 4.51. The highest BCUT2D eigenvalue weighted by atomic mass is 32.2. The van der Waals surface area contributed by atoms with Crippen molar-refractivity contribution in [1.29, 1.82) is 0 Å². The first kappa shape index (κ1) is 14.9. The zero-order valence-corrected chi connectivity index (χ0v) is 12.4. The summed E-state index contributed by atoms with van der Waals surface area (Å²) in [6, 6.07) is 14.3. The second-order valence-corrected chi connectivity index (χ2v) is 6.15. The van der Waals surface area contributed by atoms with E-state index in [2.05, 4.69) is 10.6 Å². The molecule has 0 radical (unpaired) electrons. The predicted octanol–water partition coefficient (Wildman–Crippen LogP) is 3.39. The Morgan fingerprint density at radius 3 is 2.52 bits per heavy atom. The van der Waals surface area contributed by atoms with Crippen LogP contribution < -0.4 is 4.72 Å². The molecule has 0 saturated heterocycles. The maximum atomic E-state index is 12.0. The summed E-state index contributed by atoms with van der Waals surface area (Å²) in [5.41, 5.74) is 3.01. The van der Waals surface area contributed by atoms with Crippen molar-refractivity contribution in [1.82, 2.24) is 0 Å². The normalized spacial score (nSPS) is 11.2. The molecule has 0 aliphatic heterocycles. The number of rotatable bonds is 4. The molecule has 1 N–H and O–H groups in total. The van der Waals surface area contributed by atoms with Crippen molar-refractivity contribution < 1.29 is 8.42 Å². The van der Waals surface area contributed by atoms with Crippen LogP contribution in [0.2, 0.25) is 0 Å². The van der Waals surface area contributed by atoms with Crippen molar-refractivity contribution in [3.63, 3.8) is 0 Å². The third-order valence-electron chi connectivity index (χ3n) is 2.81. The van der Waals surface area contributed by atoms with E-state index in [0.717, 1.165) is 16.5 Å². The molecule has 0 spiro atoms. The molecule has 2 aromatic carbocycles. The number of benzene rings is 2. The van der Waals surface area contributed by atoms with Gasteiger partial charge in [-0.1, -0.05) is 41.8 Å². The van der Waals surface area contributed by atoms with Crippen molar-refractivity contribution >= 4 is 21.8 Å². The topological polar surface area (TPSA) is 46.2 Å². The molecule has 0 atom stereocenters. The summed E-state index contributed by atoms with van der Waals surface area (Å²) in [4.78, 5) is 0.